The maximum Gasteiger partial charge on any atom is 0.325 e. The number of anilines is 2. The van der Waals surface area contributed by atoms with E-state index in [-0.39, 0.29) is 24.4 Å². The molecule has 0 spiro atoms. The topological polar surface area (TPSA) is 38.8 Å². The van der Waals surface area contributed by atoms with Gasteiger partial charge in [0.15, 0.2) is 0 Å². The number of hydrogen-bond donors (Lipinski definition) is 1. The first kappa shape index (κ1) is 18.7. The number of nitrogens with zero attached hydrogens (tertiary/aromatic N) is 3. The Kier molecular flexibility index (Phi) is 5.22. The van der Waals surface area contributed by atoms with Crippen molar-refractivity contribution in [2.75, 3.05) is 36.0 Å². The second-order valence-corrected chi connectivity index (χ2v) is 7.69. The molecule has 1 N–H and O–H groups in total. The summed E-state index contributed by atoms with van der Waals surface area (Å²) in [7, 11) is 0. The highest BCUT2D eigenvalue weighted by atomic mass is 19.1. The van der Waals surface area contributed by atoms with Crippen molar-refractivity contribution in [2.45, 2.75) is 33.0 Å². The van der Waals surface area contributed by atoms with Crippen LogP contribution < -0.4 is 15.1 Å². The van der Waals surface area contributed by atoms with Gasteiger partial charge in [-0.05, 0) is 32.0 Å². The van der Waals surface area contributed by atoms with Crippen LogP contribution in [0, 0.1) is 5.82 Å². The fourth-order valence-electron chi connectivity index (χ4n) is 4.03. The number of amides is 2. The van der Waals surface area contributed by atoms with Crippen molar-refractivity contribution in [3.05, 3.63) is 59.4 Å². The Hall–Kier alpha value is -2.60. The maximum atomic E-state index is 14.3. The lowest BCUT2D eigenvalue weighted by Crippen LogP contribution is -2.50. The van der Waals surface area contributed by atoms with E-state index in [4.69, 9.17) is 0 Å². The van der Waals surface area contributed by atoms with Crippen LogP contribution in [0.4, 0.5) is 20.6 Å². The van der Waals surface area contributed by atoms with E-state index < -0.39 is 0 Å². The van der Waals surface area contributed by atoms with Gasteiger partial charge in [0.25, 0.3) is 0 Å². The summed E-state index contributed by atoms with van der Waals surface area (Å²) in [5.41, 5.74) is 3.74. The number of piperazine rings is 1. The number of rotatable bonds is 4. The summed E-state index contributed by atoms with van der Waals surface area (Å²) < 4.78 is 14.3. The zero-order valence-corrected chi connectivity index (χ0v) is 16.5. The van der Waals surface area contributed by atoms with Crippen LogP contribution in [0.1, 0.15) is 25.0 Å². The number of benzene rings is 2. The van der Waals surface area contributed by atoms with Gasteiger partial charge in [-0.25, -0.2) is 9.18 Å². The van der Waals surface area contributed by atoms with Gasteiger partial charge in [0.05, 0.1) is 18.8 Å². The monoisotopic (exact) mass is 382 g/mol. The number of halogens is 1. The smallest absolute Gasteiger partial charge is 0.325 e. The quantitative estimate of drug-likeness (QED) is 0.878. The van der Waals surface area contributed by atoms with Gasteiger partial charge in [0.1, 0.15) is 5.82 Å². The Morgan fingerprint density at radius 2 is 1.75 bits per heavy atom. The molecule has 5 nitrogen and oxygen atoms in total. The molecule has 2 amide bonds. The molecule has 0 unspecified atom stereocenters. The van der Waals surface area contributed by atoms with Crippen LogP contribution in [0.25, 0.3) is 0 Å². The van der Waals surface area contributed by atoms with E-state index in [0.717, 1.165) is 37.4 Å². The molecule has 2 heterocycles. The van der Waals surface area contributed by atoms with Gasteiger partial charge >= 0.3 is 6.03 Å². The molecule has 4 rings (SSSR count). The van der Waals surface area contributed by atoms with Crippen LogP contribution >= 0.6 is 0 Å². The standard InChI is InChI=1S/C22H27FN4O/c1-16(2)26-15-18-20(25-12-10-24-11-13-25)8-5-9-21(18)27(22(26)28)14-17-6-3-4-7-19(17)23/h3-9,16,24H,10-15H2,1-2H3. The molecule has 6 heteroatoms. The van der Waals surface area contributed by atoms with Crippen molar-refractivity contribution in [1.29, 1.82) is 0 Å². The number of urea groups is 1. The van der Waals surface area contributed by atoms with Crippen molar-refractivity contribution in [3.63, 3.8) is 0 Å². The van der Waals surface area contributed by atoms with E-state index in [1.807, 2.05) is 36.9 Å². The Labute approximate surface area is 165 Å². The minimum absolute atomic E-state index is 0.0665. The molecule has 0 aromatic heterocycles. The zero-order chi connectivity index (χ0) is 19.7. The summed E-state index contributed by atoms with van der Waals surface area (Å²) in [4.78, 5) is 19.2. The molecule has 148 valence electrons. The lowest BCUT2D eigenvalue weighted by molar-refractivity contribution is 0.182. The first-order chi connectivity index (χ1) is 13.6. The largest absolute Gasteiger partial charge is 0.369 e. The molecule has 1 fully saturated rings. The normalized spacial score (nSPS) is 17.3. The molecule has 0 aliphatic carbocycles. The van der Waals surface area contributed by atoms with Gasteiger partial charge in [0, 0.05) is 49.0 Å². The average Bonchev–Trinajstić information content (AvgIpc) is 2.71. The molecular formula is C22H27FN4O. The third-order valence-corrected chi connectivity index (χ3v) is 5.59. The summed E-state index contributed by atoms with van der Waals surface area (Å²) in [6, 6.07) is 12.8. The van der Waals surface area contributed by atoms with E-state index >= 15 is 0 Å². The molecule has 28 heavy (non-hydrogen) atoms. The molecule has 0 bridgehead atoms. The predicted molar refractivity (Wildman–Crippen MR) is 110 cm³/mol. The lowest BCUT2D eigenvalue weighted by atomic mass is 10.0. The number of hydrogen-bond acceptors (Lipinski definition) is 3. The van der Waals surface area contributed by atoms with Gasteiger partial charge in [-0.15, -0.1) is 0 Å². The molecule has 0 atom stereocenters. The Morgan fingerprint density at radius 1 is 1.04 bits per heavy atom. The molecule has 1 saturated heterocycles. The minimum atomic E-state index is -0.281. The number of fused-ring (bicyclic) bond motifs is 1. The minimum Gasteiger partial charge on any atom is -0.369 e. The van der Waals surface area contributed by atoms with Crippen LogP contribution in [-0.2, 0) is 13.1 Å². The van der Waals surface area contributed by atoms with Crippen LogP contribution in [-0.4, -0.2) is 43.2 Å². The van der Waals surface area contributed by atoms with Crippen molar-refractivity contribution in [3.8, 4) is 0 Å². The van der Waals surface area contributed by atoms with Gasteiger partial charge < -0.3 is 15.1 Å². The summed E-state index contributed by atoms with van der Waals surface area (Å²) >= 11 is 0. The van der Waals surface area contributed by atoms with E-state index in [1.54, 1.807) is 17.0 Å². The van der Waals surface area contributed by atoms with E-state index in [2.05, 4.69) is 16.3 Å². The number of nitrogens with one attached hydrogen (secondary N) is 1. The third kappa shape index (κ3) is 3.44. The second-order valence-electron chi connectivity index (χ2n) is 7.69. The van der Waals surface area contributed by atoms with Crippen molar-refractivity contribution >= 4 is 17.4 Å². The number of carbonyl (C=O) groups is 1. The van der Waals surface area contributed by atoms with Crippen LogP contribution in [0.2, 0.25) is 0 Å². The highest BCUT2D eigenvalue weighted by Gasteiger charge is 2.34. The average molecular weight is 382 g/mol. The number of carbonyl (C=O) groups excluding carboxylic acids is 1. The summed E-state index contributed by atoms with van der Waals surface area (Å²) in [6.07, 6.45) is 0. The van der Waals surface area contributed by atoms with Crippen molar-refractivity contribution in [2.24, 2.45) is 0 Å². The van der Waals surface area contributed by atoms with E-state index in [9.17, 15) is 9.18 Å². The molecule has 2 aromatic carbocycles. The first-order valence-electron chi connectivity index (χ1n) is 9.95. The Balaban J connectivity index is 1.76. The lowest BCUT2D eigenvalue weighted by Gasteiger charge is -2.42. The van der Waals surface area contributed by atoms with Crippen molar-refractivity contribution < 1.29 is 9.18 Å². The third-order valence-electron chi connectivity index (χ3n) is 5.59. The van der Waals surface area contributed by atoms with Gasteiger partial charge in [-0.1, -0.05) is 24.3 Å². The van der Waals surface area contributed by atoms with Gasteiger partial charge in [-0.2, -0.15) is 0 Å². The maximum absolute atomic E-state index is 14.3. The molecule has 2 aliphatic heterocycles. The van der Waals surface area contributed by atoms with Gasteiger partial charge in [-0.3, -0.25) is 4.90 Å². The summed E-state index contributed by atoms with van der Waals surface area (Å²) in [6.45, 7) is 8.66. The second kappa shape index (κ2) is 7.80. The molecule has 2 aliphatic rings. The van der Waals surface area contributed by atoms with Crippen molar-refractivity contribution in [1.82, 2.24) is 10.2 Å². The fraction of sp³-hybridized carbons (Fsp3) is 0.409. The zero-order valence-electron chi connectivity index (χ0n) is 16.5. The molecule has 0 saturated carbocycles. The SMILES string of the molecule is CC(C)N1Cc2c(N3CCNCC3)cccc2N(Cc2ccccc2F)C1=O. The first-order valence-corrected chi connectivity index (χ1v) is 9.95. The van der Waals surface area contributed by atoms with Crippen LogP contribution in [0.3, 0.4) is 0 Å². The van der Waals surface area contributed by atoms with E-state index in [0.29, 0.717) is 12.1 Å². The molecular weight excluding hydrogens is 355 g/mol. The highest BCUT2D eigenvalue weighted by Crippen LogP contribution is 2.37. The molecule has 2 aromatic rings. The summed E-state index contributed by atoms with van der Waals surface area (Å²) in [5.74, 6) is -0.281. The van der Waals surface area contributed by atoms with Crippen LogP contribution in [0.15, 0.2) is 42.5 Å². The predicted octanol–water partition coefficient (Wildman–Crippen LogP) is 3.59. The van der Waals surface area contributed by atoms with E-state index in [1.165, 1.54) is 11.8 Å². The highest BCUT2D eigenvalue weighted by molar-refractivity contribution is 5.96. The molecule has 0 radical (unpaired) electrons. The fourth-order valence-corrected chi connectivity index (χ4v) is 4.03. The van der Waals surface area contributed by atoms with Crippen LogP contribution in [0.5, 0.6) is 0 Å². The Bertz CT molecular complexity index is 863. The summed E-state index contributed by atoms with van der Waals surface area (Å²) in [5, 5.41) is 3.39. The van der Waals surface area contributed by atoms with Gasteiger partial charge in [0.2, 0.25) is 0 Å². The Morgan fingerprint density at radius 3 is 2.46 bits per heavy atom.